The predicted octanol–water partition coefficient (Wildman–Crippen LogP) is 1.69. The standard InChI is InChI=1S/C6H9ClO2/c1-3-9-5(2)4-6(7)8/h4H,3H2,1-2H3. The van der Waals surface area contributed by atoms with Crippen LogP contribution < -0.4 is 0 Å². The Balaban J connectivity index is 3.69. The van der Waals surface area contributed by atoms with Crippen molar-refractivity contribution >= 4 is 16.8 Å². The molecule has 2 nitrogen and oxygen atoms in total. The van der Waals surface area contributed by atoms with Crippen LogP contribution in [0.5, 0.6) is 0 Å². The molecule has 0 unspecified atom stereocenters. The van der Waals surface area contributed by atoms with E-state index in [0.717, 1.165) is 0 Å². The summed E-state index contributed by atoms with van der Waals surface area (Å²) in [5.41, 5.74) is 0. The van der Waals surface area contributed by atoms with Gasteiger partial charge in [0.1, 0.15) is 0 Å². The summed E-state index contributed by atoms with van der Waals surface area (Å²) in [6.07, 6.45) is 1.24. The smallest absolute Gasteiger partial charge is 0.248 e. The van der Waals surface area contributed by atoms with Crippen molar-refractivity contribution in [2.45, 2.75) is 13.8 Å². The molecule has 0 saturated heterocycles. The highest BCUT2D eigenvalue weighted by Gasteiger charge is 1.90. The number of hydrogen-bond donors (Lipinski definition) is 0. The normalized spacial score (nSPS) is 11.2. The fourth-order valence-corrected chi connectivity index (χ4v) is 0.583. The third-order valence-electron chi connectivity index (χ3n) is 0.689. The molecule has 0 aliphatic heterocycles. The van der Waals surface area contributed by atoms with E-state index in [1.54, 1.807) is 6.92 Å². The molecule has 0 amide bonds. The van der Waals surface area contributed by atoms with Crippen molar-refractivity contribution in [3.63, 3.8) is 0 Å². The minimum absolute atomic E-state index is 0.499. The highest BCUT2D eigenvalue weighted by molar-refractivity contribution is 6.66. The molecule has 52 valence electrons. The van der Waals surface area contributed by atoms with Gasteiger partial charge in [-0.05, 0) is 25.4 Å². The van der Waals surface area contributed by atoms with Gasteiger partial charge in [-0.2, -0.15) is 0 Å². The summed E-state index contributed by atoms with van der Waals surface area (Å²) in [5.74, 6) is 0.553. The number of allylic oxidation sites excluding steroid dienone is 2. The first-order valence-corrected chi connectivity index (χ1v) is 3.05. The summed E-state index contributed by atoms with van der Waals surface area (Å²) in [6, 6.07) is 0. The zero-order chi connectivity index (χ0) is 7.28. The van der Waals surface area contributed by atoms with Crippen LogP contribution in [0, 0.1) is 0 Å². The Kier molecular flexibility index (Phi) is 4.14. The lowest BCUT2D eigenvalue weighted by Crippen LogP contribution is -1.88. The molecular weight excluding hydrogens is 140 g/mol. The monoisotopic (exact) mass is 148 g/mol. The second-order valence-corrected chi connectivity index (χ2v) is 1.86. The minimum Gasteiger partial charge on any atom is -0.498 e. The molecule has 0 aliphatic rings. The van der Waals surface area contributed by atoms with Crippen LogP contribution in [0.2, 0.25) is 0 Å². The lowest BCUT2D eigenvalue weighted by molar-refractivity contribution is -0.107. The van der Waals surface area contributed by atoms with E-state index in [1.807, 2.05) is 6.92 Å². The van der Waals surface area contributed by atoms with E-state index in [1.165, 1.54) is 6.08 Å². The van der Waals surface area contributed by atoms with E-state index in [0.29, 0.717) is 12.4 Å². The van der Waals surface area contributed by atoms with Gasteiger partial charge in [0.25, 0.3) is 0 Å². The molecule has 3 heteroatoms. The van der Waals surface area contributed by atoms with Crippen molar-refractivity contribution in [2.75, 3.05) is 6.61 Å². The SMILES string of the molecule is CCOC(C)=CC(=O)Cl. The Bertz CT molecular complexity index is 129. The minimum atomic E-state index is -0.499. The number of ether oxygens (including phenoxy) is 1. The summed E-state index contributed by atoms with van der Waals surface area (Å²) in [5, 5.41) is -0.499. The zero-order valence-corrected chi connectivity index (χ0v) is 6.23. The van der Waals surface area contributed by atoms with Gasteiger partial charge < -0.3 is 4.74 Å². The van der Waals surface area contributed by atoms with Crippen molar-refractivity contribution in [3.8, 4) is 0 Å². The summed E-state index contributed by atoms with van der Waals surface area (Å²) in [6.45, 7) is 4.09. The largest absolute Gasteiger partial charge is 0.498 e. The van der Waals surface area contributed by atoms with Gasteiger partial charge in [0.05, 0.1) is 12.4 Å². The molecule has 0 rings (SSSR count). The highest BCUT2D eigenvalue weighted by Crippen LogP contribution is 1.95. The van der Waals surface area contributed by atoms with E-state index >= 15 is 0 Å². The highest BCUT2D eigenvalue weighted by atomic mass is 35.5. The van der Waals surface area contributed by atoms with Crippen molar-refractivity contribution in [3.05, 3.63) is 11.8 Å². The molecule has 0 fully saturated rings. The van der Waals surface area contributed by atoms with Gasteiger partial charge in [-0.3, -0.25) is 4.79 Å². The maximum Gasteiger partial charge on any atom is 0.248 e. The molecule has 0 atom stereocenters. The molecule has 0 spiro atoms. The van der Waals surface area contributed by atoms with Gasteiger partial charge >= 0.3 is 0 Å². The van der Waals surface area contributed by atoms with Crippen LogP contribution in [0.3, 0.4) is 0 Å². The van der Waals surface area contributed by atoms with E-state index in [9.17, 15) is 4.79 Å². The number of halogens is 1. The second-order valence-electron chi connectivity index (χ2n) is 1.49. The zero-order valence-electron chi connectivity index (χ0n) is 5.48. The fraction of sp³-hybridized carbons (Fsp3) is 0.500. The Morgan fingerprint density at radius 3 is 2.67 bits per heavy atom. The summed E-state index contributed by atoms with van der Waals surface area (Å²) in [7, 11) is 0. The molecule has 0 aromatic carbocycles. The van der Waals surface area contributed by atoms with Gasteiger partial charge in [-0.25, -0.2) is 0 Å². The molecule has 0 N–H and O–H groups in total. The topological polar surface area (TPSA) is 26.3 Å². The van der Waals surface area contributed by atoms with Crippen LogP contribution in [0.15, 0.2) is 11.8 Å². The van der Waals surface area contributed by atoms with E-state index in [4.69, 9.17) is 16.3 Å². The van der Waals surface area contributed by atoms with Gasteiger partial charge in [0.15, 0.2) is 0 Å². The Labute approximate surface area is 59.5 Å². The average Bonchev–Trinajstić information content (AvgIpc) is 1.63. The van der Waals surface area contributed by atoms with Crippen LogP contribution in [0.1, 0.15) is 13.8 Å². The molecular formula is C6H9ClO2. The average molecular weight is 149 g/mol. The van der Waals surface area contributed by atoms with Crippen LogP contribution in [0.25, 0.3) is 0 Å². The Morgan fingerprint density at radius 1 is 1.78 bits per heavy atom. The third-order valence-corrected chi connectivity index (χ3v) is 0.798. The van der Waals surface area contributed by atoms with Crippen molar-refractivity contribution in [1.29, 1.82) is 0 Å². The van der Waals surface area contributed by atoms with Gasteiger partial charge in [0.2, 0.25) is 5.24 Å². The molecule has 0 radical (unpaired) electrons. The van der Waals surface area contributed by atoms with Gasteiger partial charge in [0, 0.05) is 6.08 Å². The summed E-state index contributed by atoms with van der Waals surface area (Å²) >= 11 is 5.01. The third kappa shape index (κ3) is 5.37. The summed E-state index contributed by atoms with van der Waals surface area (Å²) in [4.78, 5) is 10.1. The lowest BCUT2D eigenvalue weighted by Gasteiger charge is -1.98. The van der Waals surface area contributed by atoms with E-state index in [2.05, 4.69) is 0 Å². The number of carbonyl (C=O) groups is 1. The second kappa shape index (κ2) is 4.39. The lowest BCUT2D eigenvalue weighted by atomic mass is 10.5. The number of rotatable bonds is 3. The predicted molar refractivity (Wildman–Crippen MR) is 36.2 cm³/mol. The van der Waals surface area contributed by atoms with Crippen molar-refractivity contribution in [2.24, 2.45) is 0 Å². The van der Waals surface area contributed by atoms with Crippen molar-refractivity contribution < 1.29 is 9.53 Å². The summed E-state index contributed by atoms with van der Waals surface area (Å²) < 4.78 is 4.91. The first-order valence-electron chi connectivity index (χ1n) is 2.67. The molecule has 9 heavy (non-hydrogen) atoms. The maximum atomic E-state index is 10.1. The van der Waals surface area contributed by atoms with Crippen molar-refractivity contribution in [1.82, 2.24) is 0 Å². The quantitative estimate of drug-likeness (QED) is 0.346. The number of hydrogen-bond acceptors (Lipinski definition) is 2. The first-order chi connectivity index (χ1) is 4.16. The maximum absolute atomic E-state index is 10.1. The molecule has 0 aliphatic carbocycles. The van der Waals surface area contributed by atoms with Crippen LogP contribution in [-0.4, -0.2) is 11.8 Å². The Morgan fingerprint density at radius 2 is 2.33 bits per heavy atom. The first kappa shape index (κ1) is 8.50. The van der Waals surface area contributed by atoms with Crippen LogP contribution in [0.4, 0.5) is 0 Å². The molecule has 0 aromatic rings. The molecule has 0 heterocycles. The van der Waals surface area contributed by atoms with E-state index < -0.39 is 5.24 Å². The molecule has 0 saturated carbocycles. The Hall–Kier alpha value is -0.500. The molecule has 0 aromatic heterocycles. The fourth-order valence-electron chi connectivity index (χ4n) is 0.429. The molecule has 0 bridgehead atoms. The van der Waals surface area contributed by atoms with E-state index in [-0.39, 0.29) is 0 Å². The number of carbonyl (C=O) groups excluding carboxylic acids is 1. The van der Waals surface area contributed by atoms with Gasteiger partial charge in [-0.1, -0.05) is 0 Å². The van der Waals surface area contributed by atoms with Crippen LogP contribution >= 0.6 is 11.6 Å². The van der Waals surface area contributed by atoms with Gasteiger partial charge in [-0.15, -0.1) is 0 Å². The van der Waals surface area contributed by atoms with Crippen LogP contribution in [-0.2, 0) is 9.53 Å².